The van der Waals surface area contributed by atoms with E-state index in [1.165, 1.54) is 89.9 Å². The first-order valence-electron chi connectivity index (χ1n) is 12.5. The Bertz CT molecular complexity index is 401. The average Bonchev–Trinajstić information content (AvgIpc) is 2.75. The lowest BCUT2D eigenvalue weighted by Crippen LogP contribution is -2.54. The van der Waals surface area contributed by atoms with Gasteiger partial charge in [0.1, 0.15) is 24.4 Å². The lowest BCUT2D eigenvalue weighted by atomic mass is 10.0. The second-order valence-electron chi connectivity index (χ2n) is 8.79. The number of aliphatic hydroxyl groups is 3. The van der Waals surface area contributed by atoms with Gasteiger partial charge < -0.3 is 24.8 Å². The van der Waals surface area contributed by atoms with Gasteiger partial charge >= 0.3 is 0 Å². The Kier molecular flexibility index (Phi) is 17.7. The van der Waals surface area contributed by atoms with Crippen molar-refractivity contribution >= 4 is 0 Å². The SMILES string of the molecule is CCCCC/C=C/CCCCCCCCCCCCOC[C@@H]1OC[C@@H](O)[C@H](O)[C@H]1O. The average molecular weight is 429 g/mol. The zero-order valence-electron chi connectivity index (χ0n) is 19.4. The minimum Gasteiger partial charge on any atom is -0.388 e. The molecule has 0 unspecified atom stereocenters. The Morgan fingerprint density at radius 1 is 0.733 bits per heavy atom. The molecule has 1 rings (SSSR count). The highest BCUT2D eigenvalue weighted by Gasteiger charge is 2.37. The van der Waals surface area contributed by atoms with E-state index in [2.05, 4.69) is 19.1 Å². The molecular weight excluding hydrogens is 380 g/mol. The fraction of sp³-hybridized carbons (Fsp3) is 0.920. The molecule has 0 amide bonds. The molecule has 0 aromatic carbocycles. The molecule has 0 saturated carbocycles. The molecule has 1 fully saturated rings. The zero-order valence-corrected chi connectivity index (χ0v) is 19.4. The van der Waals surface area contributed by atoms with Crippen LogP contribution in [0.1, 0.15) is 103 Å². The summed E-state index contributed by atoms with van der Waals surface area (Å²) in [6, 6.07) is 0. The van der Waals surface area contributed by atoms with Crippen LogP contribution in [0, 0.1) is 0 Å². The highest BCUT2D eigenvalue weighted by molar-refractivity contribution is 4.86. The minimum atomic E-state index is -1.15. The summed E-state index contributed by atoms with van der Waals surface area (Å²) in [5, 5.41) is 28.9. The maximum absolute atomic E-state index is 9.84. The quantitative estimate of drug-likeness (QED) is 0.201. The van der Waals surface area contributed by atoms with Gasteiger partial charge in [0.25, 0.3) is 0 Å². The Morgan fingerprint density at radius 2 is 1.27 bits per heavy atom. The van der Waals surface area contributed by atoms with Gasteiger partial charge in [-0.3, -0.25) is 0 Å². The van der Waals surface area contributed by atoms with Gasteiger partial charge in [0, 0.05) is 6.61 Å². The number of unbranched alkanes of at least 4 members (excludes halogenated alkanes) is 13. The summed E-state index contributed by atoms with van der Waals surface area (Å²) in [7, 11) is 0. The van der Waals surface area contributed by atoms with Crippen molar-refractivity contribution < 1.29 is 24.8 Å². The van der Waals surface area contributed by atoms with Gasteiger partial charge in [-0.05, 0) is 32.1 Å². The van der Waals surface area contributed by atoms with Crippen LogP contribution in [0.2, 0.25) is 0 Å². The maximum atomic E-state index is 9.84. The smallest absolute Gasteiger partial charge is 0.111 e. The maximum Gasteiger partial charge on any atom is 0.111 e. The molecule has 0 radical (unpaired) electrons. The third-order valence-corrected chi connectivity index (χ3v) is 5.94. The largest absolute Gasteiger partial charge is 0.388 e. The van der Waals surface area contributed by atoms with Crippen LogP contribution >= 0.6 is 0 Å². The van der Waals surface area contributed by atoms with Crippen LogP contribution in [0.3, 0.4) is 0 Å². The first kappa shape index (κ1) is 27.6. The van der Waals surface area contributed by atoms with Crippen LogP contribution in [-0.2, 0) is 9.47 Å². The summed E-state index contributed by atoms with van der Waals surface area (Å²) >= 11 is 0. The van der Waals surface area contributed by atoms with Crippen molar-refractivity contribution in [2.24, 2.45) is 0 Å². The van der Waals surface area contributed by atoms with Gasteiger partial charge in [-0.15, -0.1) is 0 Å². The highest BCUT2D eigenvalue weighted by Crippen LogP contribution is 2.16. The van der Waals surface area contributed by atoms with Crippen LogP contribution < -0.4 is 0 Å². The number of allylic oxidation sites excluding steroid dienone is 2. The third kappa shape index (κ3) is 13.8. The van der Waals surface area contributed by atoms with E-state index in [9.17, 15) is 15.3 Å². The number of aliphatic hydroxyl groups excluding tert-OH is 3. The first-order chi connectivity index (χ1) is 14.7. The molecule has 5 heteroatoms. The number of rotatable bonds is 19. The summed E-state index contributed by atoms with van der Waals surface area (Å²) in [4.78, 5) is 0. The molecule has 0 bridgehead atoms. The highest BCUT2D eigenvalue weighted by atomic mass is 16.6. The summed E-state index contributed by atoms with van der Waals surface area (Å²) in [5.74, 6) is 0. The molecule has 178 valence electrons. The van der Waals surface area contributed by atoms with Gasteiger partial charge in [-0.25, -0.2) is 0 Å². The molecule has 1 aliphatic rings. The molecule has 0 aliphatic carbocycles. The molecule has 1 aliphatic heterocycles. The number of hydrogen-bond donors (Lipinski definition) is 3. The molecule has 1 saturated heterocycles. The van der Waals surface area contributed by atoms with Crippen molar-refractivity contribution in [1.29, 1.82) is 0 Å². The van der Waals surface area contributed by atoms with Crippen molar-refractivity contribution in [1.82, 2.24) is 0 Å². The topological polar surface area (TPSA) is 79.2 Å². The predicted molar refractivity (Wildman–Crippen MR) is 123 cm³/mol. The monoisotopic (exact) mass is 428 g/mol. The zero-order chi connectivity index (χ0) is 21.9. The number of ether oxygens (including phenoxy) is 2. The Hall–Kier alpha value is -0.460. The summed E-state index contributed by atoms with van der Waals surface area (Å²) in [6.07, 6.45) is 20.3. The Labute approximate surface area is 184 Å². The van der Waals surface area contributed by atoms with Gasteiger partial charge in [-0.1, -0.05) is 83.3 Å². The summed E-state index contributed by atoms with van der Waals surface area (Å²) in [5.41, 5.74) is 0. The second kappa shape index (κ2) is 19.2. The lowest BCUT2D eigenvalue weighted by Gasteiger charge is -2.35. The van der Waals surface area contributed by atoms with Gasteiger partial charge in [0.15, 0.2) is 0 Å². The summed E-state index contributed by atoms with van der Waals surface area (Å²) in [6.45, 7) is 3.21. The van der Waals surface area contributed by atoms with Crippen LogP contribution in [0.15, 0.2) is 12.2 Å². The van der Waals surface area contributed by atoms with E-state index in [1.807, 2.05) is 0 Å². The van der Waals surface area contributed by atoms with Crippen molar-refractivity contribution in [2.45, 2.75) is 128 Å². The van der Waals surface area contributed by atoms with Crippen molar-refractivity contribution in [3.8, 4) is 0 Å². The standard InChI is InChI=1S/C25H48O5/c1-2-3-4-5-6-7-8-9-10-11-12-13-14-15-16-17-18-19-29-21-23-25(28)24(27)22(26)20-30-23/h6-7,22-28H,2-5,8-21H2,1H3/b7-6+/t22-,23+,24+,25+/m1/s1. The molecule has 1 heterocycles. The van der Waals surface area contributed by atoms with Crippen molar-refractivity contribution in [2.75, 3.05) is 19.8 Å². The van der Waals surface area contributed by atoms with E-state index in [4.69, 9.17) is 9.47 Å². The molecule has 5 nitrogen and oxygen atoms in total. The van der Waals surface area contributed by atoms with Gasteiger partial charge in [0.05, 0.1) is 13.2 Å². The van der Waals surface area contributed by atoms with Crippen LogP contribution in [0.4, 0.5) is 0 Å². The van der Waals surface area contributed by atoms with Crippen LogP contribution in [0.25, 0.3) is 0 Å². The van der Waals surface area contributed by atoms with Crippen molar-refractivity contribution in [3.05, 3.63) is 12.2 Å². The predicted octanol–water partition coefficient (Wildman–Crippen LogP) is 4.91. The van der Waals surface area contributed by atoms with E-state index in [0.717, 1.165) is 6.42 Å². The van der Waals surface area contributed by atoms with Crippen molar-refractivity contribution in [3.63, 3.8) is 0 Å². The van der Waals surface area contributed by atoms with E-state index in [1.54, 1.807) is 0 Å². The second-order valence-corrected chi connectivity index (χ2v) is 8.79. The van der Waals surface area contributed by atoms with E-state index in [-0.39, 0.29) is 13.2 Å². The Morgan fingerprint density at radius 3 is 1.87 bits per heavy atom. The van der Waals surface area contributed by atoms with Gasteiger partial charge in [-0.2, -0.15) is 0 Å². The minimum absolute atomic E-state index is 0.0441. The van der Waals surface area contributed by atoms with E-state index >= 15 is 0 Å². The van der Waals surface area contributed by atoms with Crippen LogP contribution in [0.5, 0.6) is 0 Å². The normalized spacial score (nSPS) is 24.7. The number of hydrogen-bond acceptors (Lipinski definition) is 5. The Balaban J connectivity index is 1.77. The molecule has 30 heavy (non-hydrogen) atoms. The van der Waals surface area contributed by atoms with E-state index in [0.29, 0.717) is 6.61 Å². The van der Waals surface area contributed by atoms with E-state index < -0.39 is 24.4 Å². The molecule has 0 spiro atoms. The fourth-order valence-corrected chi connectivity index (χ4v) is 3.84. The third-order valence-electron chi connectivity index (χ3n) is 5.94. The fourth-order valence-electron chi connectivity index (χ4n) is 3.84. The lowest BCUT2D eigenvalue weighted by molar-refractivity contribution is -0.199. The molecule has 0 aromatic heterocycles. The first-order valence-corrected chi connectivity index (χ1v) is 12.5. The molecule has 3 N–H and O–H groups in total. The molecule has 4 atom stereocenters. The van der Waals surface area contributed by atoms with Crippen LogP contribution in [-0.4, -0.2) is 59.6 Å². The molecule has 0 aromatic rings. The van der Waals surface area contributed by atoms with Gasteiger partial charge in [0.2, 0.25) is 0 Å². The molecular formula is C25H48O5. The summed E-state index contributed by atoms with van der Waals surface area (Å²) < 4.78 is 10.9.